The average Bonchev–Trinajstić information content (AvgIpc) is 2.78. The van der Waals surface area contributed by atoms with Crippen LogP contribution in [0.2, 0.25) is 0 Å². The topological polar surface area (TPSA) is 32.3 Å². The average molecular weight is 208 g/mol. The first-order chi connectivity index (χ1) is 7.14. The molecule has 1 aliphatic heterocycles. The maximum atomic E-state index is 12.3. The van der Waals surface area contributed by atoms with Gasteiger partial charge in [0, 0.05) is 6.04 Å². The van der Waals surface area contributed by atoms with Gasteiger partial charge in [-0.05, 0) is 38.5 Å². The van der Waals surface area contributed by atoms with E-state index in [1.807, 2.05) is 0 Å². The second-order valence-corrected chi connectivity index (χ2v) is 5.59. The number of nitrogens with one attached hydrogen (secondary N) is 1. The molecule has 0 radical (unpaired) electrons. The SMILES string of the molecule is CC1CCCC1N1C(=O)C2(CC2)NC1C. The summed E-state index contributed by atoms with van der Waals surface area (Å²) in [5.41, 5.74) is -0.123. The van der Waals surface area contributed by atoms with Gasteiger partial charge in [0.25, 0.3) is 0 Å². The highest BCUT2D eigenvalue weighted by Crippen LogP contribution is 2.45. The summed E-state index contributed by atoms with van der Waals surface area (Å²) in [5.74, 6) is 1.07. The zero-order valence-electron chi connectivity index (χ0n) is 9.62. The van der Waals surface area contributed by atoms with Gasteiger partial charge in [-0.2, -0.15) is 0 Å². The maximum Gasteiger partial charge on any atom is 0.244 e. The highest BCUT2D eigenvalue weighted by Gasteiger charge is 2.59. The number of hydrogen-bond acceptors (Lipinski definition) is 2. The van der Waals surface area contributed by atoms with Gasteiger partial charge >= 0.3 is 0 Å². The predicted molar refractivity (Wildman–Crippen MR) is 58.2 cm³/mol. The quantitative estimate of drug-likeness (QED) is 0.708. The minimum atomic E-state index is -0.123. The highest BCUT2D eigenvalue weighted by molar-refractivity contribution is 5.92. The lowest BCUT2D eigenvalue weighted by molar-refractivity contribution is -0.133. The molecule has 1 saturated heterocycles. The van der Waals surface area contributed by atoms with Gasteiger partial charge in [-0.25, -0.2) is 0 Å². The second kappa shape index (κ2) is 2.97. The van der Waals surface area contributed by atoms with Crippen LogP contribution in [0.3, 0.4) is 0 Å². The Morgan fingerprint density at radius 1 is 1.33 bits per heavy atom. The molecule has 3 heteroatoms. The Balaban J connectivity index is 1.83. The van der Waals surface area contributed by atoms with Crippen LogP contribution in [-0.2, 0) is 4.79 Å². The molecule has 3 nitrogen and oxygen atoms in total. The van der Waals surface area contributed by atoms with Gasteiger partial charge in [0.2, 0.25) is 5.91 Å². The van der Waals surface area contributed by atoms with E-state index in [0.29, 0.717) is 17.9 Å². The van der Waals surface area contributed by atoms with Crippen molar-refractivity contribution in [1.82, 2.24) is 10.2 Å². The number of carbonyl (C=O) groups is 1. The molecule has 0 aromatic heterocycles. The van der Waals surface area contributed by atoms with Gasteiger partial charge in [0.05, 0.1) is 11.7 Å². The van der Waals surface area contributed by atoms with E-state index in [2.05, 4.69) is 24.1 Å². The number of rotatable bonds is 1. The van der Waals surface area contributed by atoms with Crippen molar-refractivity contribution in [3.63, 3.8) is 0 Å². The molecule has 1 N–H and O–H groups in total. The Bertz CT molecular complexity index is 298. The minimum Gasteiger partial charge on any atom is -0.323 e. The van der Waals surface area contributed by atoms with Gasteiger partial charge in [-0.15, -0.1) is 0 Å². The summed E-state index contributed by atoms with van der Waals surface area (Å²) in [5, 5.41) is 3.48. The summed E-state index contributed by atoms with van der Waals surface area (Å²) in [7, 11) is 0. The maximum absolute atomic E-state index is 12.3. The van der Waals surface area contributed by atoms with Crippen molar-refractivity contribution in [3.05, 3.63) is 0 Å². The van der Waals surface area contributed by atoms with E-state index >= 15 is 0 Å². The largest absolute Gasteiger partial charge is 0.323 e. The summed E-state index contributed by atoms with van der Waals surface area (Å²) in [6.45, 7) is 4.42. The third-order valence-corrected chi connectivity index (χ3v) is 4.47. The Morgan fingerprint density at radius 3 is 2.53 bits per heavy atom. The smallest absolute Gasteiger partial charge is 0.244 e. The Kier molecular flexibility index (Phi) is 1.91. The molecule has 0 aromatic rings. The van der Waals surface area contributed by atoms with E-state index in [1.54, 1.807) is 0 Å². The summed E-state index contributed by atoms with van der Waals surface area (Å²) >= 11 is 0. The van der Waals surface area contributed by atoms with Gasteiger partial charge in [0.15, 0.2) is 0 Å². The first kappa shape index (κ1) is 9.64. The van der Waals surface area contributed by atoms with Crippen molar-refractivity contribution >= 4 is 5.91 Å². The molecule has 84 valence electrons. The zero-order chi connectivity index (χ0) is 10.6. The molecule has 2 saturated carbocycles. The molecule has 0 aromatic carbocycles. The normalized spacial score (nSPS) is 42.9. The fourth-order valence-electron chi connectivity index (χ4n) is 3.41. The van der Waals surface area contributed by atoms with E-state index < -0.39 is 0 Å². The summed E-state index contributed by atoms with van der Waals surface area (Å²) < 4.78 is 0. The van der Waals surface area contributed by atoms with Crippen LogP contribution in [0.4, 0.5) is 0 Å². The summed E-state index contributed by atoms with van der Waals surface area (Å²) in [4.78, 5) is 14.4. The van der Waals surface area contributed by atoms with E-state index in [4.69, 9.17) is 0 Å². The van der Waals surface area contributed by atoms with E-state index in [0.717, 1.165) is 12.8 Å². The molecule has 2 aliphatic carbocycles. The molecule has 0 bridgehead atoms. The molecule has 3 fully saturated rings. The fourth-order valence-corrected chi connectivity index (χ4v) is 3.41. The van der Waals surface area contributed by atoms with Crippen LogP contribution in [-0.4, -0.2) is 28.6 Å². The van der Waals surface area contributed by atoms with Crippen LogP contribution in [0.1, 0.15) is 46.0 Å². The van der Waals surface area contributed by atoms with Crippen LogP contribution in [0.15, 0.2) is 0 Å². The lowest BCUT2D eigenvalue weighted by Crippen LogP contribution is -2.44. The molecule has 1 amide bonds. The minimum absolute atomic E-state index is 0.123. The van der Waals surface area contributed by atoms with Crippen molar-refractivity contribution < 1.29 is 4.79 Å². The predicted octanol–water partition coefficient (Wildman–Crippen LogP) is 1.49. The molecule has 1 spiro atoms. The van der Waals surface area contributed by atoms with E-state index in [9.17, 15) is 4.79 Å². The second-order valence-electron chi connectivity index (χ2n) is 5.59. The lowest BCUT2D eigenvalue weighted by atomic mass is 10.0. The molecule has 15 heavy (non-hydrogen) atoms. The lowest BCUT2D eigenvalue weighted by Gasteiger charge is -2.31. The van der Waals surface area contributed by atoms with Crippen molar-refractivity contribution in [2.45, 2.75) is 63.7 Å². The third-order valence-electron chi connectivity index (χ3n) is 4.47. The first-order valence-corrected chi connectivity index (χ1v) is 6.24. The molecular formula is C12H20N2O. The molecular weight excluding hydrogens is 188 g/mol. The van der Waals surface area contributed by atoms with Crippen molar-refractivity contribution in [1.29, 1.82) is 0 Å². The van der Waals surface area contributed by atoms with Gasteiger partial charge < -0.3 is 4.90 Å². The summed E-state index contributed by atoms with van der Waals surface area (Å²) in [6, 6.07) is 0.500. The molecule has 3 atom stereocenters. The van der Waals surface area contributed by atoms with E-state index in [-0.39, 0.29) is 11.7 Å². The van der Waals surface area contributed by atoms with Crippen LogP contribution < -0.4 is 5.32 Å². The third kappa shape index (κ3) is 1.25. The highest BCUT2D eigenvalue weighted by atomic mass is 16.2. The molecule has 1 heterocycles. The van der Waals surface area contributed by atoms with Crippen molar-refractivity contribution in [3.8, 4) is 0 Å². The molecule has 3 unspecified atom stereocenters. The van der Waals surface area contributed by atoms with Crippen LogP contribution in [0.25, 0.3) is 0 Å². The number of amides is 1. The standard InChI is InChI=1S/C12H20N2O/c1-8-4-3-5-10(8)14-9(2)13-12(6-7-12)11(14)15/h8-10,13H,3-7H2,1-2H3. The van der Waals surface area contributed by atoms with Crippen molar-refractivity contribution in [2.24, 2.45) is 5.92 Å². The fraction of sp³-hybridized carbons (Fsp3) is 0.917. The zero-order valence-corrected chi connectivity index (χ0v) is 9.62. The van der Waals surface area contributed by atoms with Crippen LogP contribution >= 0.6 is 0 Å². The van der Waals surface area contributed by atoms with Crippen molar-refractivity contribution in [2.75, 3.05) is 0 Å². The number of carbonyl (C=O) groups excluding carboxylic acids is 1. The van der Waals surface area contributed by atoms with Crippen LogP contribution in [0.5, 0.6) is 0 Å². The van der Waals surface area contributed by atoms with Gasteiger partial charge in [-0.1, -0.05) is 13.3 Å². The van der Waals surface area contributed by atoms with Crippen LogP contribution in [0, 0.1) is 5.92 Å². The Hall–Kier alpha value is -0.570. The Morgan fingerprint density at radius 2 is 2.07 bits per heavy atom. The first-order valence-electron chi connectivity index (χ1n) is 6.24. The van der Waals surface area contributed by atoms with E-state index in [1.165, 1.54) is 19.3 Å². The number of nitrogens with zero attached hydrogens (tertiary/aromatic N) is 1. The number of hydrogen-bond donors (Lipinski definition) is 1. The summed E-state index contributed by atoms with van der Waals surface area (Å²) in [6.07, 6.45) is 6.13. The molecule has 3 aliphatic rings. The van der Waals surface area contributed by atoms with Gasteiger partial charge in [0.1, 0.15) is 0 Å². The monoisotopic (exact) mass is 208 g/mol. The Labute approximate surface area is 91.2 Å². The van der Waals surface area contributed by atoms with Gasteiger partial charge in [-0.3, -0.25) is 10.1 Å². The molecule has 3 rings (SSSR count).